The van der Waals surface area contributed by atoms with Crippen LogP contribution in [-0.2, 0) is 6.54 Å². The maximum atomic E-state index is 8.89. The molecule has 4 nitrogen and oxygen atoms in total. The molecule has 0 fully saturated rings. The minimum Gasteiger partial charge on any atom is -0.454 e. The number of hydrogen-bond donors (Lipinski definition) is 2. The second-order valence-electron chi connectivity index (χ2n) is 3.62. The highest BCUT2D eigenvalue weighted by atomic mass is 16.7. The van der Waals surface area contributed by atoms with Crippen LogP contribution < -0.4 is 14.8 Å². The summed E-state index contributed by atoms with van der Waals surface area (Å²) in [7, 11) is 0. The Morgan fingerprint density at radius 2 is 2.33 bits per heavy atom. The number of rotatable bonds is 4. The van der Waals surface area contributed by atoms with Gasteiger partial charge in [0.25, 0.3) is 0 Å². The molecular weight excluding hydrogens is 194 g/mol. The topological polar surface area (TPSA) is 50.7 Å². The number of nitrogens with one attached hydrogen (secondary N) is 1. The second-order valence-corrected chi connectivity index (χ2v) is 3.62. The normalized spacial score (nSPS) is 15.3. The van der Waals surface area contributed by atoms with Crippen molar-refractivity contribution in [3.8, 4) is 11.5 Å². The third-order valence-electron chi connectivity index (χ3n) is 2.39. The van der Waals surface area contributed by atoms with E-state index in [9.17, 15) is 0 Å². The smallest absolute Gasteiger partial charge is 0.231 e. The van der Waals surface area contributed by atoms with Crippen LogP contribution in [0.3, 0.4) is 0 Å². The summed E-state index contributed by atoms with van der Waals surface area (Å²) in [6.45, 7) is 3.03. The fourth-order valence-electron chi connectivity index (χ4n) is 1.48. The summed E-state index contributed by atoms with van der Waals surface area (Å²) in [5, 5.41) is 12.1. The molecule has 2 rings (SSSR count). The lowest BCUT2D eigenvalue weighted by atomic mass is 10.2. The highest BCUT2D eigenvalue weighted by Gasteiger charge is 2.16. The van der Waals surface area contributed by atoms with Crippen molar-refractivity contribution in [3.05, 3.63) is 23.8 Å². The molecule has 1 aliphatic heterocycles. The van der Waals surface area contributed by atoms with E-state index >= 15 is 0 Å². The lowest BCUT2D eigenvalue weighted by Gasteiger charge is -2.11. The highest BCUT2D eigenvalue weighted by molar-refractivity contribution is 5.48. The third kappa shape index (κ3) is 2.22. The molecule has 1 heterocycles. The first-order chi connectivity index (χ1) is 7.31. The first-order valence-corrected chi connectivity index (χ1v) is 5.03. The Bertz CT molecular complexity index is 341. The van der Waals surface area contributed by atoms with Crippen molar-refractivity contribution in [2.24, 2.45) is 0 Å². The number of ether oxygens (including phenoxy) is 2. The van der Waals surface area contributed by atoms with Crippen LogP contribution in [0.4, 0.5) is 0 Å². The summed E-state index contributed by atoms with van der Waals surface area (Å²) in [6, 6.07) is 5.91. The third-order valence-corrected chi connectivity index (χ3v) is 2.39. The molecular formula is C11H15NO3. The van der Waals surface area contributed by atoms with E-state index in [1.807, 2.05) is 25.1 Å². The minimum absolute atomic E-state index is 0.0863. The fraction of sp³-hybridized carbons (Fsp3) is 0.455. The second kappa shape index (κ2) is 4.51. The van der Waals surface area contributed by atoms with E-state index in [1.165, 1.54) is 0 Å². The molecule has 0 aliphatic carbocycles. The van der Waals surface area contributed by atoms with Gasteiger partial charge in [0.2, 0.25) is 6.79 Å². The molecule has 1 aliphatic rings. The molecule has 0 saturated carbocycles. The van der Waals surface area contributed by atoms with E-state index in [1.54, 1.807) is 0 Å². The number of hydrogen-bond acceptors (Lipinski definition) is 4. The van der Waals surface area contributed by atoms with Crippen LogP contribution in [0.25, 0.3) is 0 Å². The zero-order valence-corrected chi connectivity index (χ0v) is 8.69. The molecule has 0 amide bonds. The van der Waals surface area contributed by atoms with Crippen LogP contribution in [0.1, 0.15) is 12.5 Å². The molecule has 1 aromatic rings. The summed E-state index contributed by atoms with van der Waals surface area (Å²) in [6.07, 6.45) is 0. The number of fused-ring (bicyclic) bond motifs is 1. The largest absolute Gasteiger partial charge is 0.454 e. The van der Waals surface area contributed by atoms with Crippen molar-refractivity contribution in [1.29, 1.82) is 0 Å². The Kier molecular flexibility index (Phi) is 3.08. The number of aliphatic hydroxyl groups is 1. The van der Waals surface area contributed by atoms with Crippen LogP contribution in [0.5, 0.6) is 11.5 Å². The first kappa shape index (κ1) is 10.3. The van der Waals surface area contributed by atoms with Gasteiger partial charge in [-0.15, -0.1) is 0 Å². The van der Waals surface area contributed by atoms with Crippen molar-refractivity contribution >= 4 is 0 Å². The Morgan fingerprint density at radius 1 is 1.47 bits per heavy atom. The van der Waals surface area contributed by atoms with Crippen LogP contribution in [0.15, 0.2) is 18.2 Å². The first-order valence-electron chi connectivity index (χ1n) is 5.03. The van der Waals surface area contributed by atoms with E-state index in [-0.39, 0.29) is 12.6 Å². The van der Waals surface area contributed by atoms with Gasteiger partial charge in [0, 0.05) is 18.2 Å². The average molecular weight is 209 g/mol. The molecule has 0 spiro atoms. The molecule has 0 radical (unpaired) electrons. The summed E-state index contributed by atoms with van der Waals surface area (Å²) in [5.41, 5.74) is 1.06. The zero-order valence-electron chi connectivity index (χ0n) is 8.69. The highest BCUT2D eigenvalue weighted by Crippen LogP contribution is 2.35. The molecule has 1 atom stereocenters. The van der Waals surface area contributed by atoms with Gasteiger partial charge in [-0.05, 0) is 13.0 Å². The van der Waals surface area contributed by atoms with Gasteiger partial charge in [-0.1, -0.05) is 12.1 Å². The van der Waals surface area contributed by atoms with Crippen molar-refractivity contribution in [1.82, 2.24) is 5.32 Å². The fourth-order valence-corrected chi connectivity index (χ4v) is 1.48. The lowest BCUT2D eigenvalue weighted by Crippen LogP contribution is -2.28. The number of aliphatic hydroxyl groups excluding tert-OH is 1. The Hall–Kier alpha value is -1.26. The van der Waals surface area contributed by atoms with Gasteiger partial charge in [0.05, 0.1) is 6.61 Å². The Balaban J connectivity index is 2.06. The Labute approximate surface area is 88.8 Å². The monoisotopic (exact) mass is 209 g/mol. The molecule has 82 valence electrons. The van der Waals surface area contributed by atoms with Crippen molar-refractivity contribution in [3.63, 3.8) is 0 Å². The van der Waals surface area contributed by atoms with Crippen LogP contribution in [0.2, 0.25) is 0 Å². The van der Waals surface area contributed by atoms with Gasteiger partial charge in [-0.2, -0.15) is 0 Å². The van der Waals surface area contributed by atoms with Crippen LogP contribution in [0, 0.1) is 0 Å². The van der Waals surface area contributed by atoms with E-state index in [0.29, 0.717) is 13.3 Å². The van der Waals surface area contributed by atoms with Gasteiger partial charge in [0.15, 0.2) is 11.5 Å². The number of benzene rings is 1. The van der Waals surface area contributed by atoms with Gasteiger partial charge < -0.3 is 19.9 Å². The number of para-hydroxylation sites is 1. The van der Waals surface area contributed by atoms with Crippen LogP contribution in [-0.4, -0.2) is 24.5 Å². The summed E-state index contributed by atoms with van der Waals surface area (Å²) < 4.78 is 10.6. The predicted molar refractivity (Wildman–Crippen MR) is 56.0 cm³/mol. The van der Waals surface area contributed by atoms with E-state index < -0.39 is 0 Å². The van der Waals surface area contributed by atoms with E-state index in [4.69, 9.17) is 14.6 Å². The standard InChI is InChI=1S/C11H15NO3/c1-8(6-13)12-5-9-3-2-4-10-11(9)15-7-14-10/h2-4,8,12-13H,5-7H2,1H3. The minimum atomic E-state index is 0.0863. The van der Waals surface area contributed by atoms with E-state index in [0.717, 1.165) is 17.1 Å². The molecule has 15 heavy (non-hydrogen) atoms. The van der Waals surface area contributed by atoms with Gasteiger partial charge in [0.1, 0.15) is 0 Å². The van der Waals surface area contributed by atoms with Crippen molar-refractivity contribution in [2.75, 3.05) is 13.4 Å². The van der Waals surface area contributed by atoms with Crippen LogP contribution >= 0.6 is 0 Å². The SMILES string of the molecule is CC(CO)NCc1cccc2c1OCO2. The summed E-state index contributed by atoms with van der Waals surface area (Å²) in [5.74, 6) is 1.61. The van der Waals surface area contributed by atoms with Gasteiger partial charge in [-0.25, -0.2) is 0 Å². The van der Waals surface area contributed by atoms with Crippen molar-refractivity contribution in [2.45, 2.75) is 19.5 Å². The molecule has 0 aromatic heterocycles. The summed E-state index contributed by atoms with van der Waals surface area (Å²) >= 11 is 0. The molecule has 0 saturated heterocycles. The zero-order chi connectivity index (χ0) is 10.7. The molecule has 0 bridgehead atoms. The maximum Gasteiger partial charge on any atom is 0.231 e. The Morgan fingerprint density at radius 3 is 3.13 bits per heavy atom. The lowest BCUT2D eigenvalue weighted by molar-refractivity contribution is 0.173. The molecule has 1 aromatic carbocycles. The predicted octanol–water partition coefficient (Wildman–Crippen LogP) is 0.886. The summed E-state index contributed by atoms with van der Waals surface area (Å²) in [4.78, 5) is 0. The maximum absolute atomic E-state index is 8.89. The molecule has 2 N–H and O–H groups in total. The van der Waals surface area contributed by atoms with Crippen molar-refractivity contribution < 1.29 is 14.6 Å². The molecule has 1 unspecified atom stereocenters. The average Bonchev–Trinajstić information content (AvgIpc) is 2.74. The quantitative estimate of drug-likeness (QED) is 0.773. The van der Waals surface area contributed by atoms with E-state index in [2.05, 4.69) is 5.32 Å². The molecule has 4 heteroatoms. The van der Waals surface area contributed by atoms with Gasteiger partial charge in [-0.3, -0.25) is 0 Å². The van der Waals surface area contributed by atoms with Gasteiger partial charge >= 0.3 is 0 Å².